The van der Waals surface area contributed by atoms with Gasteiger partial charge < -0.3 is 9.84 Å². The number of hydrogen-bond donors (Lipinski definition) is 1. The molecule has 1 N–H and O–H groups in total. The third-order valence-corrected chi connectivity index (χ3v) is 2.13. The van der Waals surface area contributed by atoms with Crippen molar-refractivity contribution in [3.8, 4) is 5.75 Å². The Labute approximate surface area is 94.5 Å². The molecule has 0 unspecified atom stereocenters. The van der Waals surface area contributed by atoms with Crippen LogP contribution in [0.5, 0.6) is 5.75 Å². The van der Waals surface area contributed by atoms with Crippen LogP contribution in [-0.2, 0) is 0 Å². The van der Waals surface area contributed by atoms with Crippen molar-refractivity contribution in [1.29, 1.82) is 0 Å². The van der Waals surface area contributed by atoms with E-state index in [2.05, 4.69) is 9.72 Å². The van der Waals surface area contributed by atoms with Crippen LogP contribution < -0.4 is 4.74 Å². The Bertz CT molecular complexity index is 572. The number of carboxylic acids is 1. The summed E-state index contributed by atoms with van der Waals surface area (Å²) >= 11 is 0. The molecule has 0 aliphatic rings. The van der Waals surface area contributed by atoms with Gasteiger partial charge in [0.25, 0.3) is 0 Å². The van der Waals surface area contributed by atoms with Crippen molar-refractivity contribution in [1.82, 2.24) is 4.98 Å². The number of hydrogen-bond acceptors (Lipinski definition) is 3. The number of aromatic carboxylic acids is 1. The molecule has 1 aromatic heterocycles. The Morgan fingerprint density at radius 2 is 2.12 bits per heavy atom. The Hall–Kier alpha value is -2.24. The number of rotatable bonds is 3. The maximum absolute atomic E-state index is 12.0. The Morgan fingerprint density at radius 1 is 1.35 bits per heavy atom. The van der Waals surface area contributed by atoms with Gasteiger partial charge in [-0.1, -0.05) is 0 Å². The van der Waals surface area contributed by atoms with Crippen molar-refractivity contribution in [3.63, 3.8) is 0 Å². The number of nitrogens with zero attached hydrogens (tertiary/aromatic N) is 1. The van der Waals surface area contributed by atoms with Crippen molar-refractivity contribution >= 4 is 16.9 Å². The molecule has 0 saturated carbocycles. The van der Waals surface area contributed by atoms with Crippen molar-refractivity contribution < 1.29 is 23.4 Å². The highest BCUT2D eigenvalue weighted by Gasteiger charge is 2.08. The summed E-state index contributed by atoms with van der Waals surface area (Å²) in [6.45, 7) is -2.90. The second-order valence-electron chi connectivity index (χ2n) is 3.26. The van der Waals surface area contributed by atoms with E-state index >= 15 is 0 Å². The van der Waals surface area contributed by atoms with Gasteiger partial charge >= 0.3 is 12.6 Å². The number of halogens is 2. The molecule has 0 aliphatic carbocycles. The van der Waals surface area contributed by atoms with Crippen LogP contribution in [0, 0.1) is 0 Å². The second kappa shape index (κ2) is 4.32. The molecular weight excluding hydrogens is 232 g/mol. The van der Waals surface area contributed by atoms with Gasteiger partial charge in [-0.05, 0) is 18.2 Å². The van der Waals surface area contributed by atoms with E-state index in [9.17, 15) is 13.6 Å². The average Bonchev–Trinajstić information content (AvgIpc) is 2.27. The number of ether oxygens (including phenoxy) is 1. The second-order valence-corrected chi connectivity index (χ2v) is 3.26. The van der Waals surface area contributed by atoms with Crippen LogP contribution >= 0.6 is 0 Å². The van der Waals surface area contributed by atoms with Gasteiger partial charge in [-0.25, -0.2) is 4.79 Å². The lowest BCUT2D eigenvalue weighted by molar-refractivity contribution is -0.0497. The smallest absolute Gasteiger partial charge is 0.387 e. The zero-order chi connectivity index (χ0) is 12.4. The molecule has 1 aromatic carbocycles. The highest BCUT2D eigenvalue weighted by atomic mass is 19.3. The summed E-state index contributed by atoms with van der Waals surface area (Å²) in [5, 5.41) is 9.30. The number of carbonyl (C=O) groups is 1. The molecule has 1 heterocycles. The van der Waals surface area contributed by atoms with Crippen LogP contribution in [0.25, 0.3) is 10.9 Å². The first-order chi connectivity index (χ1) is 8.06. The molecule has 0 fully saturated rings. The number of pyridine rings is 1. The van der Waals surface area contributed by atoms with Crippen LogP contribution in [0.2, 0.25) is 0 Å². The molecule has 0 amide bonds. The largest absolute Gasteiger partial charge is 0.478 e. The first kappa shape index (κ1) is 11.3. The molecule has 4 nitrogen and oxygen atoms in total. The van der Waals surface area contributed by atoms with Crippen molar-refractivity contribution in [2.75, 3.05) is 0 Å². The monoisotopic (exact) mass is 239 g/mol. The van der Waals surface area contributed by atoms with Gasteiger partial charge in [-0.15, -0.1) is 0 Å². The minimum absolute atomic E-state index is 0.0110. The van der Waals surface area contributed by atoms with Gasteiger partial charge in [-0.2, -0.15) is 8.78 Å². The Balaban J connectivity index is 2.43. The Kier molecular flexibility index (Phi) is 2.86. The summed E-state index contributed by atoms with van der Waals surface area (Å²) in [7, 11) is 0. The predicted octanol–water partition coefficient (Wildman–Crippen LogP) is 2.53. The quantitative estimate of drug-likeness (QED) is 0.894. The van der Waals surface area contributed by atoms with Gasteiger partial charge in [0.05, 0.1) is 11.1 Å². The topological polar surface area (TPSA) is 59.4 Å². The molecule has 0 atom stereocenters. The molecule has 88 valence electrons. The van der Waals surface area contributed by atoms with E-state index in [0.29, 0.717) is 10.9 Å². The fourth-order valence-electron chi connectivity index (χ4n) is 1.39. The molecule has 0 spiro atoms. The summed E-state index contributed by atoms with van der Waals surface area (Å²) in [5.74, 6) is -1.10. The number of benzene rings is 1. The number of alkyl halides is 2. The maximum Gasteiger partial charge on any atom is 0.387 e. The maximum atomic E-state index is 12.0. The van der Waals surface area contributed by atoms with Crippen molar-refractivity contribution in [3.05, 3.63) is 36.0 Å². The highest BCUT2D eigenvalue weighted by Crippen LogP contribution is 2.21. The fourth-order valence-corrected chi connectivity index (χ4v) is 1.39. The summed E-state index contributed by atoms with van der Waals surface area (Å²) < 4.78 is 28.2. The van der Waals surface area contributed by atoms with Crippen LogP contribution in [0.4, 0.5) is 8.78 Å². The van der Waals surface area contributed by atoms with Gasteiger partial charge in [0.15, 0.2) is 0 Å². The van der Waals surface area contributed by atoms with E-state index in [1.54, 1.807) is 0 Å². The molecule has 0 saturated heterocycles. The van der Waals surface area contributed by atoms with E-state index in [1.165, 1.54) is 24.3 Å². The summed E-state index contributed by atoms with van der Waals surface area (Å²) in [6.07, 6.45) is 1.16. The minimum atomic E-state index is -2.90. The van der Waals surface area contributed by atoms with Crippen LogP contribution in [-0.4, -0.2) is 22.7 Å². The molecule has 0 radical (unpaired) electrons. The van der Waals surface area contributed by atoms with Crippen LogP contribution in [0.3, 0.4) is 0 Å². The van der Waals surface area contributed by atoms with Gasteiger partial charge in [-0.3, -0.25) is 4.98 Å². The Morgan fingerprint density at radius 3 is 2.76 bits per heavy atom. The summed E-state index contributed by atoms with van der Waals surface area (Å²) in [6, 6.07) is 5.55. The lowest BCUT2D eigenvalue weighted by Crippen LogP contribution is -2.02. The molecular formula is C11H7F2NO3. The third kappa shape index (κ3) is 2.47. The zero-order valence-corrected chi connectivity index (χ0v) is 8.43. The molecule has 2 aromatic rings. The SMILES string of the molecule is O=C(O)c1cnc2cc(OC(F)F)ccc2c1. The van der Waals surface area contributed by atoms with E-state index in [-0.39, 0.29) is 11.3 Å². The van der Waals surface area contributed by atoms with Gasteiger partial charge in [0, 0.05) is 17.6 Å². The van der Waals surface area contributed by atoms with Crippen LogP contribution in [0.15, 0.2) is 30.5 Å². The molecule has 6 heteroatoms. The predicted molar refractivity (Wildman–Crippen MR) is 55.3 cm³/mol. The first-order valence-electron chi connectivity index (χ1n) is 4.64. The molecule has 2 rings (SSSR count). The highest BCUT2D eigenvalue weighted by molar-refractivity contribution is 5.92. The fraction of sp³-hybridized carbons (Fsp3) is 0.0909. The lowest BCUT2D eigenvalue weighted by atomic mass is 10.1. The van der Waals surface area contributed by atoms with E-state index in [0.717, 1.165) is 6.20 Å². The summed E-state index contributed by atoms with van der Waals surface area (Å²) in [4.78, 5) is 14.6. The molecule has 17 heavy (non-hydrogen) atoms. The van der Waals surface area contributed by atoms with E-state index in [1.807, 2.05) is 0 Å². The van der Waals surface area contributed by atoms with Gasteiger partial charge in [0.2, 0.25) is 0 Å². The number of fused-ring (bicyclic) bond motifs is 1. The third-order valence-electron chi connectivity index (χ3n) is 2.13. The zero-order valence-electron chi connectivity index (χ0n) is 8.43. The average molecular weight is 239 g/mol. The van der Waals surface area contributed by atoms with E-state index in [4.69, 9.17) is 5.11 Å². The number of carboxylic acid groups (broad SMARTS) is 1. The normalized spacial score (nSPS) is 10.8. The minimum Gasteiger partial charge on any atom is -0.478 e. The van der Waals surface area contributed by atoms with Crippen molar-refractivity contribution in [2.24, 2.45) is 0 Å². The van der Waals surface area contributed by atoms with Crippen molar-refractivity contribution in [2.45, 2.75) is 6.61 Å². The summed E-state index contributed by atoms with van der Waals surface area (Å²) in [5.41, 5.74) is 0.438. The van der Waals surface area contributed by atoms with Gasteiger partial charge in [0.1, 0.15) is 5.75 Å². The lowest BCUT2D eigenvalue weighted by Gasteiger charge is -2.05. The first-order valence-corrected chi connectivity index (χ1v) is 4.64. The molecule has 0 bridgehead atoms. The van der Waals surface area contributed by atoms with E-state index < -0.39 is 12.6 Å². The number of aromatic nitrogens is 1. The standard InChI is InChI=1S/C11H7F2NO3/c12-11(13)17-8-2-1-6-3-7(10(15)16)5-14-9(6)4-8/h1-5,11H,(H,15,16). The van der Waals surface area contributed by atoms with Crippen LogP contribution in [0.1, 0.15) is 10.4 Å². The molecule has 0 aliphatic heterocycles.